The summed E-state index contributed by atoms with van der Waals surface area (Å²) in [6.07, 6.45) is 3.40. The molecule has 0 N–H and O–H groups in total. The number of carbonyl (C=O) groups excluding carboxylic acids is 1. The van der Waals surface area contributed by atoms with E-state index in [1.54, 1.807) is 11.1 Å². The molecular weight excluding hydrogens is 416 g/mol. The number of nitrogens with zero attached hydrogens (tertiary/aromatic N) is 6. The van der Waals surface area contributed by atoms with Gasteiger partial charge in [0.25, 0.3) is 11.5 Å². The molecular formula is C22H23ClN6O2. The van der Waals surface area contributed by atoms with Crippen molar-refractivity contribution < 1.29 is 4.79 Å². The molecule has 3 heterocycles. The molecule has 0 aliphatic carbocycles. The van der Waals surface area contributed by atoms with Gasteiger partial charge in [0.05, 0.1) is 11.7 Å². The van der Waals surface area contributed by atoms with Gasteiger partial charge in [-0.05, 0) is 36.6 Å². The van der Waals surface area contributed by atoms with E-state index in [-0.39, 0.29) is 23.2 Å². The van der Waals surface area contributed by atoms with E-state index in [4.69, 9.17) is 16.6 Å². The Morgan fingerprint density at radius 3 is 2.74 bits per heavy atom. The fraction of sp³-hybridized carbons (Fsp3) is 0.318. The van der Waals surface area contributed by atoms with Gasteiger partial charge in [0, 0.05) is 50.5 Å². The zero-order chi connectivity index (χ0) is 22.1. The zero-order valence-electron chi connectivity index (χ0n) is 17.6. The standard InChI is InChI=1S/C22H23ClN6O2/c1-27(2)22-24-13-16(14-6-4-7-15(23)12-14)20(25-22)18-8-5-11-29(18)21(31)17-9-10-19(30)28(3)26-17/h4,6-7,9-10,12-13,18H,5,8,11H2,1-3H3/t18-/m0/s1. The van der Waals surface area contributed by atoms with Crippen LogP contribution in [0.5, 0.6) is 0 Å². The first-order valence-electron chi connectivity index (χ1n) is 10.0. The number of hydrogen-bond acceptors (Lipinski definition) is 6. The summed E-state index contributed by atoms with van der Waals surface area (Å²) in [5.74, 6) is 0.348. The third-order valence-electron chi connectivity index (χ3n) is 5.35. The minimum Gasteiger partial charge on any atom is -0.347 e. The Kier molecular flexibility index (Phi) is 5.73. The second-order valence-electron chi connectivity index (χ2n) is 7.71. The van der Waals surface area contributed by atoms with Crippen molar-refractivity contribution in [3.8, 4) is 11.1 Å². The molecule has 4 rings (SSSR count). The summed E-state index contributed by atoms with van der Waals surface area (Å²) >= 11 is 6.23. The van der Waals surface area contributed by atoms with E-state index in [9.17, 15) is 9.59 Å². The molecule has 1 fully saturated rings. The molecule has 1 saturated heterocycles. The molecule has 2 aromatic heterocycles. The second kappa shape index (κ2) is 8.47. The average Bonchev–Trinajstić information content (AvgIpc) is 3.24. The number of rotatable bonds is 4. The first-order valence-corrected chi connectivity index (χ1v) is 10.4. The van der Waals surface area contributed by atoms with E-state index in [1.807, 2.05) is 43.3 Å². The fourth-order valence-electron chi connectivity index (χ4n) is 3.79. The molecule has 8 nitrogen and oxygen atoms in total. The van der Waals surface area contributed by atoms with Crippen LogP contribution in [0.25, 0.3) is 11.1 Å². The van der Waals surface area contributed by atoms with Crippen LogP contribution in [-0.4, -0.2) is 51.2 Å². The molecule has 1 atom stereocenters. The lowest BCUT2D eigenvalue weighted by Crippen LogP contribution is -2.34. The maximum absolute atomic E-state index is 13.3. The highest BCUT2D eigenvalue weighted by atomic mass is 35.5. The first kappa shape index (κ1) is 21.0. The normalized spacial score (nSPS) is 15.9. The first-order chi connectivity index (χ1) is 14.8. The van der Waals surface area contributed by atoms with Crippen molar-refractivity contribution in [3.05, 3.63) is 69.4 Å². The lowest BCUT2D eigenvalue weighted by atomic mass is 9.99. The number of halogens is 1. The maximum Gasteiger partial charge on any atom is 0.274 e. The summed E-state index contributed by atoms with van der Waals surface area (Å²) in [6, 6.07) is 10.1. The summed E-state index contributed by atoms with van der Waals surface area (Å²) in [6.45, 7) is 0.588. The Morgan fingerprint density at radius 2 is 2.03 bits per heavy atom. The number of aryl methyl sites for hydroxylation is 1. The zero-order valence-corrected chi connectivity index (χ0v) is 18.4. The Hall–Kier alpha value is -3.26. The molecule has 1 aliphatic rings. The third kappa shape index (κ3) is 4.16. The summed E-state index contributed by atoms with van der Waals surface area (Å²) in [4.78, 5) is 37.9. The lowest BCUT2D eigenvalue weighted by Gasteiger charge is -2.26. The highest BCUT2D eigenvalue weighted by molar-refractivity contribution is 6.30. The average molecular weight is 439 g/mol. The van der Waals surface area contributed by atoms with Crippen molar-refractivity contribution in [2.45, 2.75) is 18.9 Å². The number of hydrogen-bond donors (Lipinski definition) is 0. The smallest absolute Gasteiger partial charge is 0.274 e. The van der Waals surface area contributed by atoms with Crippen molar-refractivity contribution in [3.63, 3.8) is 0 Å². The van der Waals surface area contributed by atoms with Gasteiger partial charge in [-0.3, -0.25) is 9.59 Å². The van der Waals surface area contributed by atoms with E-state index in [0.717, 1.165) is 29.7 Å². The van der Waals surface area contributed by atoms with Gasteiger partial charge >= 0.3 is 0 Å². The number of likely N-dealkylation sites (tertiary alicyclic amines) is 1. The van der Waals surface area contributed by atoms with Crippen molar-refractivity contribution in [1.82, 2.24) is 24.6 Å². The van der Waals surface area contributed by atoms with Gasteiger partial charge < -0.3 is 9.80 Å². The summed E-state index contributed by atoms with van der Waals surface area (Å²) in [7, 11) is 5.29. The van der Waals surface area contributed by atoms with Crippen molar-refractivity contribution >= 4 is 23.5 Å². The van der Waals surface area contributed by atoms with Gasteiger partial charge in [0.1, 0.15) is 5.69 Å². The van der Waals surface area contributed by atoms with Gasteiger partial charge in [-0.2, -0.15) is 5.10 Å². The van der Waals surface area contributed by atoms with Crippen LogP contribution in [0.3, 0.4) is 0 Å². The molecule has 1 amide bonds. The van der Waals surface area contributed by atoms with Crippen LogP contribution in [-0.2, 0) is 7.05 Å². The van der Waals surface area contributed by atoms with E-state index < -0.39 is 0 Å². The second-order valence-corrected chi connectivity index (χ2v) is 8.15. The molecule has 1 aliphatic heterocycles. The highest BCUT2D eigenvalue weighted by Gasteiger charge is 2.34. The number of carbonyl (C=O) groups is 1. The molecule has 0 bridgehead atoms. The largest absolute Gasteiger partial charge is 0.347 e. The van der Waals surface area contributed by atoms with Crippen LogP contribution in [0.4, 0.5) is 5.95 Å². The Morgan fingerprint density at radius 1 is 1.23 bits per heavy atom. The number of anilines is 1. The summed E-state index contributed by atoms with van der Waals surface area (Å²) in [5.41, 5.74) is 2.49. The van der Waals surface area contributed by atoms with Gasteiger partial charge in [-0.1, -0.05) is 23.7 Å². The molecule has 1 aromatic carbocycles. The third-order valence-corrected chi connectivity index (χ3v) is 5.59. The van der Waals surface area contributed by atoms with Crippen molar-refractivity contribution in [1.29, 1.82) is 0 Å². The van der Waals surface area contributed by atoms with Crippen LogP contribution < -0.4 is 10.5 Å². The van der Waals surface area contributed by atoms with E-state index >= 15 is 0 Å². The molecule has 9 heteroatoms. The number of amides is 1. The molecule has 31 heavy (non-hydrogen) atoms. The molecule has 0 radical (unpaired) electrons. The van der Waals surface area contributed by atoms with Crippen molar-refractivity contribution in [2.24, 2.45) is 7.05 Å². The van der Waals surface area contributed by atoms with Crippen molar-refractivity contribution in [2.75, 3.05) is 25.5 Å². The van der Waals surface area contributed by atoms with Crippen LogP contribution >= 0.6 is 11.6 Å². The SMILES string of the molecule is CN(C)c1ncc(-c2cccc(Cl)c2)c([C@@H]2CCCN2C(=O)c2ccc(=O)n(C)n2)n1. The molecule has 0 spiro atoms. The summed E-state index contributed by atoms with van der Waals surface area (Å²) in [5, 5.41) is 4.76. The maximum atomic E-state index is 13.3. The van der Waals surface area contributed by atoms with E-state index in [2.05, 4.69) is 10.1 Å². The number of benzene rings is 1. The molecule has 3 aromatic rings. The predicted octanol–water partition coefficient (Wildman–Crippen LogP) is 2.93. The summed E-state index contributed by atoms with van der Waals surface area (Å²) < 4.78 is 1.17. The van der Waals surface area contributed by atoms with Gasteiger partial charge in [0.2, 0.25) is 5.95 Å². The molecule has 0 unspecified atom stereocenters. The van der Waals surface area contributed by atoms with Crippen LogP contribution in [0, 0.1) is 0 Å². The van der Waals surface area contributed by atoms with Gasteiger partial charge in [-0.15, -0.1) is 0 Å². The van der Waals surface area contributed by atoms with Gasteiger partial charge in [0.15, 0.2) is 0 Å². The Balaban J connectivity index is 1.79. The highest BCUT2D eigenvalue weighted by Crippen LogP contribution is 2.38. The van der Waals surface area contributed by atoms with Crippen LogP contribution in [0.2, 0.25) is 5.02 Å². The quantitative estimate of drug-likeness (QED) is 0.622. The van der Waals surface area contributed by atoms with E-state index in [0.29, 0.717) is 17.5 Å². The number of aromatic nitrogens is 4. The minimum atomic E-state index is -0.260. The molecule has 0 saturated carbocycles. The van der Waals surface area contributed by atoms with Crippen LogP contribution in [0.1, 0.15) is 35.1 Å². The predicted molar refractivity (Wildman–Crippen MR) is 119 cm³/mol. The topological polar surface area (TPSA) is 84.2 Å². The fourth-order valence-corrected chi connectivity index (χ4v) is 3.98. The van der Waals surface area contributed by atoms with Crippen LogP contribution in [0.15, 0.2) is 47.4 Å². The monoisotopic (exact) mass is 438 g/mol. The lowest BCUT2D eigenvalue weighted by molar-refractivity contribution is 0.0724. The minimum absolute atomic E-state index is 0.222. The Bertz CT molecular complexity index is 1190. The van der Waals surface area contributed by atoms with E-state index in [1.165, 1.54) is 23.9 Å². The Labute approximate surface area is 185 Å². The van der Waals surface area contributed by atoms with Gasteiger partial charge in [-0.25, -0.2) is 14.6 Å². The molecule has 160 valence electrons.